The third-order valence-electron chi connectivity index (χ3n) is 6.98. The van der Waals surface area contributed by atoms with E-state index in [1.807, 2.05) is 30.3 Å². The number of hydrogen-bond donors (Lipinski definition) is 1. The summed E-state index contributed by atoms with van der Waals surface area (Å²) in [7, 11) is 0. The van der Waals surface area contributed by atoms with E-state index in [0.29, 0.717) is 37.4 Å². The van der Waals surface area contributed by atoms with E-state index in [1.165, 1.54) is 0 Å². The number of imide groups is 1. The summed E-state index contributed by atoms with van der Waals surface area (Å²) in [4.78, 5) is 47.1. The van der Waals surface area contributed by atoms with Gasteiger partial charge in [-0.2, -0.15) is 0 Å². The number of para-hydroxylation sites is 2. The Morgan fingerprint density at radius 2 is 2.00 bits per heavy atom. The summed E-state index contributed by atoms with van der Waals surface area (Å²) in [5.41, 5.74) is 0.452. The molecule has 2 atom stereocenters. The molecule has 3 aliphatic heterocycles. The number of fused-ring (bicyclic) bond motifs is 3. The number of carbonyl (C=O) groups is 3. The second-order valence-electron chi connectivity index (χ2n) is 9.02. The zero-order valence-electron chi connectivity index (χ0n) is 18.5. The number of likely N-dealkylation sites (tertiary alicyclic amines) is 1. The van der Waals surface area contributed by atoms with Crippen LogP contribution in [-0.4, -0.2) is 58.9 Å². The van der Waals surface area contributed by atoms with Crippen LogP contribution in [0.25, 0.3) is 10.2 Å². The molecule has 4 heterocycles. The monoisotopic (exact) mass is 476 g/mol. The fourth-order valence-electron chi connectivity index (χ4n) is 5.22. The van der Waals surface area contributed by atoms with Crippen molar-refractivity contribution in [2.45, 2.75) is 30.7 Å². The van der Waals surface area contributed by atoms with Crippen molar-refractivity contribution >= 4 is 39.4 Å². The van der Waals surface area contributed by atoms with Crippen molar-refractivity contribution in [1.29, 1.82) is 0 Å². The van der Waals surface area contributed by atoms with Crippen LogP contribution in [0.2, 0.25) is 0 Å². The maximum Gasteiger partial charge on any atom is 0.325 e. The number of benzene rings is 2. The maximum atomic E-state index is 13.5. The first-order valence-corrected chi connectivity index (χ1v) is 12.4. The summed E-state index contributed by atoms with van der Waals surface area (Å²) >= 11 is 1.67. The van der Waals surface area contributed by atoms with Crippen LogP contribution in [0.15, 0.2) is 48.5 Å². The first kappa shape index (κ1) is 21.1. The molecule has 2 unspecified atom stereocenters. The highest BCUT2D eigenvalue weighted by atomic mass is 32.1. The molecular formula is C25H24N4O4S. The third kappa shape index (κ3) is 3.34. The Bertz CT molecular complexity index is 1270. The molecule has 1 N–H and O–H groups in total. The number of carbonyl (C=O) groups excluding carboxylic acids is 3. The molecule has 0 radical (unpaired) electrons. The number of rotatable bonds is 3. The number of piperidine rings is 1. The zero-order chi connectivity index (χ0) is 23.3. The lowest BCUT2D eigenvalue weighted by Crippen LogP contribution is -2.49. The molecule has 2 aromatic carbocycles. The van der Waals surface area contributed by atoms with Gasteiger partial charge < -0.3 is 15.0 Å². The minimum atomic E-state index is -1.17. The molecule has 6 rings (SSSR count). The van der Waals surface area contributed by atoms with Crippen molar-refractivity contribution in [2.24, 2.45) is 0 Å². The Hall–Kier alpha value is -3.46. The molecule has 0 aliphatic carbocycles. The van der Waals surface area contributed by atoms with Gasteiger partial charge in [0.25, 0.3) is 5.91 Å². The number of aromatic nitrogens is 1. The van der Waals surface area contributed by atoms with E-state index in [-0.39, 0.29) is 24.3 Å². The molecular weight excluding hydrogens is 452 g/mol. The SMILES string of the molecule is O=C(CN1C(=O)NC2(CCOc3ccccc32)C1=O)N1CCCC(c2nc3ccccc3s2)C1. The first-order chi connectivity index (χ1) is 16.5. The number of hydrogen-bond acceptors (Lipinski definition) is 6. The molecule has 9 heteroatoms. The summed E-state index contributed by atoms with van der Waals surface area (Å²) in [5, 5.41) is 3.90. The second-order valence-corrected chi connectivity index (χ2v) is 10.1. The lowest BCUT2D eigenvalue weighted by atomic mass is 9.84. The Morgan fingerprint density at radius 1 is 1.18 bits per heavy atom. The van der Waals surface area contributed by atoms with Crippen LogP contribution >= 0.6 is 11.3 Å². The lowest BCUT2D eigenvalue weighted by molar-refractivity contribution is -0.140. The lowest BCUT2D eigenvalue weighted by Gasteiger charge is -2.34. The summed E-state index contributed by atoms with van der Waals surface area (Å²) < 4.78 is 6.82. The molecule has 34 heavy (non-hydrogen) atoms. The van der Waals surface area contributed by atoms with Crippen molar-refractivity contribution < 1.29 is 19.1 Å². The third-order valence-corrected chi connectivity index (χ3v) is 8.18. The van der Waals surface area contributed by atoms with E-state index in [0.717, 1.165) is 33.0 Å². The van der Waals surface area contributed by atoms with Gasteiger partial charge in [0, 0.05) is 31.0 Å². The molecule has 174 valence electrons. The average Bonchev–Trinajstić information content (AvgIpc) is 3.40. The Kier molecular flexibility index (Phi) is 5.02. The number of amides is 4. The molecule has 3 aromatic rings. The summed E-state index contributed by atoms with van der Waals surface area (Å²) in [6.45, 7) is 1.22. The van der Waals surface area contributed by atoms with E-state index in [4.69, 9.17) is 9.72 Å². The Morgan fingerprint density at radius 3 is 2.88 bits per heavy atom. The van der Waals surface area contributed by atoms with Crippen LogP contribution in [0.1, 0.15) is 35.8 Å². The smallest absolute Gasteiger partial charge is 0.325 e. The minimum absolute atomic E-state index is 0.159. The second kappa shape index (κ2) is 8.09. The van der Waals surface area contributed by atoms with Crippen molar-refractivity contribution in [3.05, 3.63) is 59.1 Å². The van der Waals surface area contributed by atoms with Gasteiger partial charge in [0.05, 0.1) is 21.8 Å². The van der Waals surface area contributed by atoms with Crippen molar-refractivity contribution in [2.75, 3.05) is 26.2 Å². The van der Waals surface area contributed by atoms with E-state index < -0.39 is 11.6 Å². The highest BCUT2D eigenvalue weighted by Gasteiger charge is 2.55. The fraction of sp³-hybridized carbons (Fsp3) is 0.360. The minimum Gasteiger partial charge on any atom is -0.493 e. The molecule has 2 saturated heterocycles. The predicted octanol–water partition coefficient (Wildman–Crippen LogP) is 3.23. The van der Waals surface area contributed by atoms with Crippen molar-refractivity contribution in [3.63, 3.8) is 0 Å². The molecule has 3 aliphatic rings. The maximum absolute atomic E-state index is 13.5. The van der Waals surface area contributed by atoms with Crippen LogP contribution in [0.3, 0.4) is 0 Å². The molecule has 8 nitrogen and oxygen atoms in total. The molecule has 1 spiro atoms. The molecule has 0 bridgehead atoms. The Labute approximate surface area is 200 Å². The van der Waals surface area contributed by atoms with E-state index >= 15 is 0 Å². The van der Waals surface area contributed by atoms with Gasteiger partial charge in [0.1, 0.15) is 12.3 Å². The molecule has 2 fully saturated rings. The summed E-state index contributed by atoms with van der Waals surface area (Å²) in [5.74, 6) is 0.144. The number of thiazole rings is 1. The van der Waals surface area contributed by atoms with Crippen LogP contribution in [0, 0.1) is 0 Å². The van der Waals surface area contributed by atoms with Gasteiger partial charge in [-0.3, -0.25) is 14.5 Å². The molecule has 4 amide bonds. The number of ether oxygens (including phenoxy) is 1. The van der Waals surface area contributed by atoms with Crippen LogP contribution in [0.5, 0.6) is 5.75 Å². The van der Waals surface area contributed by atoms with Crippen LogP contribution in [-0.2, 0) is 15.1 Å². The van der Waals surface area contributed by atoms with Gasteiger partial charge in [0.15, 0.2) is 5.54 Å². The number of nitrogens with one attached hydrogen (secondary N) is 1. The van der Waals surface area contributed by atoms with Gasteiger partial charge >= 0.3 is 6.03 Å². The zero-order valence-corrected chi connectivity index (χ0v) is 19.3. The highest BCUT2D eigenvalue weighted by Crippen LogP contribution is 2.41. The fourth-order valence-corrected chi connectivity index (χ4v) is 6.31. The average molecular weight is 477 g/mol. The van der Waals surface area contributed by atoms with Gasteiger partial charge in [0.2, 0.25) is 5.91 Å². The predicted molar refractivity (Wildman–Crippen MR) is 127 cm³/mol. The van der Waals surface area contributed by atoms with Crippen molar-refractivity contribution in [1.82, 2.24) is 20.1 Å². The van der Waals surface area contributed by atoms with Crippen molar-refractivity contribution in [3.8, 4) is 5.75 Å². The summed E-state index contributed by atoms with van der Waals surface area (Å²) in [6, 6.07) is 14.7. The largest absolute Gasteiger partial charge is 0.493 e. The van der Waals surface area contributed by atoms with Crippen LogP contribution in [0.4, 0.5) is 4.79 Å². The van der Waals surface area contributed by atoms with Gasteiger partial charge in [-0.25, -0.2) is 9.78 Å². The Balaban J connectivity index is 1.19. The number of nitrogens with zero attached hydrogens (tertiary/aromatic N) is 3. The number of urea groups is 1. The molecule has 0 saturated carbocycles. The standard InChI is InChI=1S/C25H24N4O4S/c30-21(28-12-5-6-16(14-28)22-26-18-8-2-4-10-20(18)34-22)15-29-23(31)25(27-24(29)32)11-13-33-19-9-3-1-7-17(19)25/h1-4,7-10,16H,5-6,11-15H2,(H,27,32). The summed E-state index contributed by atoms with van der Waals surface area (Å²) in [6.07, 6.45) is 2.16. The normalized spacial score (nSPS) is 24.3. The van der Waals surface area contributed by atoms with Gasteiger partial charge in [-0.1, -0.05) is 30.3 Å². The van der Waals surface area contributed by atoms with E-state index in [9.17, 15) is 14.4 Å². The van der Waals surface area contributed by atoms with Gasteiger partial charge in [-0.05, 0) is 31.0 Å². The van der Waals surface area contributed by atoms with Crippen LogP contribution < -0.4 is 10.1 Å². The molecule has 1 aromatic heterocycles. The highest BCUT2D eigenvalue weighted by molar-refractivity contribution is 7.18. The quantitative estimate of drug-likeness (QED) is 0.586. The van der Waals surface area contributed by atoms with E-state index in [2.05, 4.69) is 11.4 Å². The van der Waals surface area contributed by atoms with Gasteiger partial charge in [-0.15, -0.1) is 11.3 Å². The van der Waals surface area contributed by atoms with E-state index in [1.54, 1.807) is 28.4 Å². The topological polar surface area (TPSA) is 91.8 Å². The first-order valence-electron chi connectivity index (χ1n) is 11.5.